The number of alkyl halides is 1. The summed E-state index contributed by atoms with van der Waals surface area (Å²) >= 11 is 0. The number of carbonyl (C=O) groups is 1. The molecule has 14 heavy (non-hydrogen) atoms. The fraction of sp³-hybridized carbons (Fsp3) is 0.909. The van der Waals surface area contributed by atoms with E-state index in [9.17, 15) is 9.18 Å². The van der Waals surface area contributed by atoms with E-state index in [4.69, 9.17) is 0 Å². The standard InChI is InChI=1S/C11H20FNO/c1-10(2,3)9(14)13-7-5-11(4,12)6-8-13/h5-8H2,1-4H3. The van der Waals surface area contributed by atoms with E-state index in [-0.39, 0.29) is 11.3 Å². The second kappa shape index (κ2) is 3.52. The van der Waals surface area contributed by atoms with E-state index >= 15 is 0 Å². The van der Waals surface area contributed by atoms with Gasteiger partial charge in [-0.05, 0) is 19.8 Å². The van der Waals surface area contributed by atoms with Crippen molar-refractivity contribution in [3.8, 4) is 0 Å². The molecule has 0 saturated carbocycles. The molecular weight excluding hydrogens is 181 g/mol. The number of rotatable bonds is 0. The first-order valence-corrected chi connectivity index (χ1v) is 5.21. The van der Waals surface area contributed by atoms with E-state index in [1.165, 1.54) is 0 Å². The van der Waals surface area contributed by atoms with Crippen LogP contribution in [-0.2, 0) is 4.79 Å². The molecule has 0 atom stereocenters. The number of piperidine rings is 1. The Hall–Kier alpha value is -0.600. The van der Waals surface area contributed by atoms with Crippen LogP contribution >= 0.6 is 0 Å². The molecule has 1 heterocycles. The third kappa shape index (κ3) is 2.69. The van der Waals surface area contributed by atoms with Gasteiger partial charge in [0.15, 0.2) is 0 Å². The van der Waals surface area contributed by atoms with Gasteiger partial charge in [0.2, 0.25) is 5.91 Å². The Labute approximate surface area is 85.5 Å². The molecule has 0 aromatic rings. The van der Waals surface area contributed by atoms with E-state index in [0.29, 0.717) is 25.9 Å². The molecule has 3 heteroatoms. The minimum absolute atomic E-state index is 0.132. The van der Waals surface area contributed by atoms with Crippen LogP contribution in [0.2, 0.25) is 0 Å². The molecule has 1 aliphatic rings. The average molecular weight is 201 g/mol. The van der Waals surface area contributed by atoms with Gasteiger partial charge in [-0.15, -0.1) is 0 Å². The summed E-state index contributed by atoms with van der Waals surface area (Å²) in [5, 5.41) is 0. The summed E-state index contributed by atoms with van der Waals surface area (Å²) in [6.07, 6.45) is 0.934. The van der Waals surface area contributed by atoms with Crippen molar-refractivity contribution in [3.63, 3.8) is 0 Å². The Bertz CT molecular complexity index is 220. The van der Waals surface area contributed by atoms with Crippen LogP contribution in [-0.4, -0.2) is 29.6 Å². The van der Waals surface area contributed by atoms with Gasteiger partial charge in [-0.1, -0.05) is 20.8 Å². The minimum Gasteiger partial charge on any atom is -0.342 e. The van der Waals surface area contributed by atoms with Crippen molar-refractivity contribution in [2.45, 2.75) is 46.2 Å². The highest BCUT2D eigenvalue weighted by molar-refractivity contribution is 5.81. The molecule has 0 radical (unpaired) electrons. The third-order valence-electron chi connectivity index (χ3n) is 2.73. The third-order valence-corrected chi connectivity index (χ3v) is 2.73. The molecule has 0 spiro atoms. The average Bonchev–Trinajstić information content (AvgIpc) is 2.01. The highest BCUT2D eigenvalue weighted by Gasteiger charge is 2.34. The first-order chi connectivity index (χ1) is 6.22. The van der Waals surface area contributed by atoms with Crippen molar-refractivity contribution in [3.05, 3.63) is 0 Å². The predicted molar refractivity (Wildman–Crippen MR) is 54.8 cm³/mol. The van der Waals surface area contributed by atoms with Gasteiger partial charge in [-0.3, -0.25) is 4.79 Å². The van der Waals surface area contributed by atoms with Crippen LogP contribution < -0.4 is 0 Å². The Morgan fingerprint density at radius 1 is 1.29 bits per heavy atom. The normalized spacial score (nSPS) is 22.2. The molecule has 1 rings (SSSR count). The Kier molecular flexibility index (Phi) is 2.88. The number of halogens is 1. The molecule has 0 aromatic carbocycles. The van der Waals surface area contributed by atoms with Crippen molar-refractivity contribution >= 4 is 5.91 Å². The minimum atomic E-state index is -1.07. The van der Waals surface area contributed by atoms with Crippen LogP contribution in [0.15, 0.2) is 0 Å². The van der Waals surface area contributed by atoms with Crippen LogP contribution in [0.25, 0.3) is 0 Å². The highest BCUT2D eigenvalue weighted by atomic mass is 19.1. The summed E-state index contributed by atoms with van der Waals surface area (Å²) in [4.78, 5) is 13.6. The van der Waals surface area contributed by atoms with Crippen molar-refractivity contribution in [1.29, 1.82) is 0 Å². The molecule has 2 nitrogen and oxygen atoms in total. The van der Waals surface area contributed by atoms with E-state index < -0.39 is 5.67 Å². The van der Waals surface area contributed by atoms with E-state index in [0.717, 1.165) is 0 Å². The van der Waals surface area contributed by atoms with Crippen LogP contribution in [0.3, 0.4) is 0 Å². The molecule has 1 saturated heterocycles. The largest absolute Gasteiger partial charge is 0.342 e. The summed E-state index contributed by atoms with van der Waals surface area (Å²) in [7, 11) is 0. The maximum absolute atomic E-state index is 13.5. The van der Waals surface area contributed by atoms with Gasteiger partial charge in [0, 0.05) is 18.5 Å². The number of likely N-dealkylation sites (tertiary alicyclic amines) is 1. The summed E-state index contributed by atoms with van der Waals surface area (Å²) in [5.74, 6) is 0.132. The van der Waals surface area contributed by atoms with E-state index in [2.05, 4.69) is 0 Å². The zero-order valence-corrected chi connectivity index (χ0v) is 9.56. The SMILES string of the molecule is CC1(F)CCN(C(=O)C(C)(C)C)CC1. The molecule has 1 aliphatic heterocycles. The molecule has 0 aromatic heterocycles. The predicted octanol–water partition coefficient (Wildman–Crippen LogP) is 2.38. The van der Waals surface area contributed by atoms with E-state index in [1.807, 2.05) is 20.8 Å². The fourth-order valence-corrected chi connectivity index (χ4v) is 1.65. The lowest BCUT2D eigenvalue weighted by Gasteiger charge is -2.37. The lowest BCUT2D eigenvalue weighted by atomic mass is 9.90. The zero-order chi connectivity index (χ0) is 11.0. The van der Waals surface area contributed by atoms with Gasteiger partial charge in [-0.25, -0.2) is 4.39 Å². The number of carbonyl (C=O) groups excluding carboxylic acids is 1. The van der Waals surface area contributed by atoms with Gasteiger partial charge in [-0.2, -0.15) is 0 Å². The first-order valence-electron chi connectivity index (χ1n) is 5.21. The quantitative estimate of drug-likeness (QED) is 0.589. The number of hydrogen-bond acceptors (Lipinski definition) is 1. The first kappa shape index (κ1) is 11.5. The molecule has 0 aliphatic carbocycles. The highest BCUT2D eigenvalue weighted by Crippen LogP contribution is 2.28. The number of amides is 1. The summed E-state index contributed by atoms with van der Waals surface area (Å²) < 4.78 is 13.5. The monoisotopic (exact) mass is 201 g/mol. The molecule has 0 N–H and O–H groups in total. The Balaban J connectivity index is 2.55. The lowest BCUT2D eigenvalue weighted by molar-refractivity contribution is -0.141. The smallest absolute Gasteiger partial charge is 0.227 e. The van der Waals surface area contributed by atoms with Crippen LogP contribution in [0.4, 0.5) is 4.39 Å². The van der Waals surface area contributed by atoms with Crippen LogP contribution in [0.5, 0.6) is 0 Å². The van der Waals surface area contributed by atoms with Gasteiger partial charge in [0.25, 0.3) is 0 Å². The Morgan fingerprint density at radius 3 is 2.07 bits per heavy atom. The van der Waals surface area contributed by atoms with Crippen molar-refractivity contribution in [2.24, 2.45) is 5.41 Å². The van der Waals surface area contributed by atoms with Gasteiger partial charge in [0.05, 0.1) is 0 Å². The summed E-state index contributed by atoms with van der Waals surface area (Å²) in [5.41, 5.74) is -1.42. The van der Waals surface area contributed by atoms with E-state index in [1.54, 1.807) is 11.8 Å². The molecular formula is C11H20FNO. The zero-order valence-electron chi connectivity index (χ0n) is 9.56. The van der Waals surface area contributed by atoms with Gasteiger partial charge < -0.3 is 4.90 Å². The maximum atomic E-state index is 13.5. The van der Waals surface area contributed by atoms with Crippen LogP contribution in [0, 0.1) is 5.41 Å². The summed E-state index contributed by atoms with van der Waals surface area (Å²) in [6, 6.07) is 0. The van der Waals surface area contributed by atoms with Crippen molar-refractivity contribution < 1.29 is 9.18 Å². The lowest BCUT2D eigenvalue weighted by Crippen LogP contribution is -2.47. The number of nitrogens with zero attached hydrogens (tertiary/aromatic N) is 1. The van der Waals surface area contributed by atoms with Crippen molar-refractivity contribution in [1.82, 2.24) is 4.90 Å². The molecule has 1 fully saturated rings. The topological polar surface area (TPSA) is 20.3 Å². The number of hydrogen-bond donors (Lipinski definition) is 0. The molecule has 1 amide bonds. The molecule has 0 unspecified atom stereocenters. The second-order valence-corrected chi connectivity index (χ2v) is 5.46. The Morgan fingerprint density at radius 2 is 1.71 bits per heavy atom. The summed E-state index contributed by atoms with van der Waals surface area (Å²) in [6.45, 7) is 8.44. The van der Waals surface area contributed by atoms with Gasteiger partial charge in [0.1, 0.15) is 5.67 Å². The maximum Gasteiger partial charge on any atom is 0.227 e. The van der Waals surface area contributed by atoms with Crippen molar-refractivity contribution in [2.75, 3.05) is 13.1 Å². The van der Waals surface area contributed by atoms with Gasteiger partial charge >= 0.3 is 0 Å². The molecule has 82 valence electrons. The molecule has 0 bridgehead atoms. The fourth-order valence-electron chi connectivity index (χ4n) is 1.65. The van der Waals surface area contributed by atoms with Crippen LogP contribution in [0.1, 0.15) is 40.5 Å². The second-order valence-electron chi connectivity index (χ2n) is 5.46.